The third kappa shape index (κ3) is 1.90. The fourth-order valence-corrected chi connectivity index (χ4v) is 1.16. The summed E-state index contributed by atoms with van der Waals surface area (Å²) in [7, 11) is 0. The van der Waals surface area contributed by atoms with Crippen molar-refractivity contribution in [3.05, 3.63) is 30.1 Å². The summed E-state index contributed by atoms with van der Waals surface area (Å²) in [5, 5.41) is 7.56. The van der Waals surface area contributed by atoms with Gasteiger partial charge in [0.05, 0.1) is 12.1 Å². The van der Waals surface area contributed by atoms with Gasteiger partial charge in [0.15, 0.2) is 0 Å². The van der Waals surface area contributed by atoms with Gasteiger partial charge >= 0.3 is 5.97 Å². The molecule has 0 aliphatic heterocycles. The van der Waals surface area contributed by atoms with E-state index < -0.39 is 5.97 Å². The number of para-hydroxylation sites is 1. The number of carbonyl (C=O) groups excluding carboxylic acids is 1. The second kappa shape index (κ2) is 4.00. The minimum absolute atomic E-state index is 0.00412. The van der Waals surface area contributed by atoms with Gasteiger partial charge in [-0.25, -0.2) is 9.78 Å². The van der Waals surface area contributed by atoms with E-state index in [4.69, 9.17) is 4.74 Å². The Morgan fingerprint density at radius 2 is 2.00 bits per heavy atom. The SMILES string of the molecule is CCOC(=O)c1nnc2ccccc2n1. The van der Waals surface area contributed by atoms with Crippen LogP contribution in [0, 0.1) is 0 Å². The van der Waals surface area contributed by atoms with Crippen LogP contribution in [0.3, 0.4) is 0 Å². The Labute approximate surface area is 86.1 Å². The number of benzene rings is 1. The first kappa shape index (κ1) is 9.51. The lowest BCUT2D eigenvalue weighted by atomic mass is 10.3. The fraction of sp³-hybridized carbons (Fsp3) is 0.200. The van der Waals surface area contributed by atoms with Crippen molar-refractivity contribution in [1.29, 1.82) is 0 Å². The highest BCUT2D eigenvalue weighted by atomic mass is 16.5. The summed E-state index contributed by atoms with van der Waals surface area (Å²) in [5.74, 6) is -0.550. The summed E-state index contributed by atoms with van der Waals surface area (Å²) < 4.78 is 4.77. The summed E-state index contributed by atoms with van der Waals surface area (Å²) in [4.78, 5) is 15.3. The van der Waals surface area contributed by atoms with E-state index in [2.05, 4.69) is 15.2 Å². The summed E-state index contributed by atoms with van der Waals surface area (Å²) >= 11 is 0. The quantitative estimate of drug-likeness (QED) is 0.686. The monoisotopic (exact) mass is 203 g/mol. The van der Waals surface area contributed by atoms with Crippen LogP contribution in [-0.4, -0.2) is 27.8 Å². The summed E-state index contributed by atoms with van der Waals surface area (Å²) in [6.07, 6.45) is 0. The van der Waals surface area contributed by atoms with Crippen LogP contribution in [0.5, 0.6) is 0 Å². The van der Waals surface area contributed by atoms with Crippen LogP contribution in [0.15, 0.2) is 24.3 Å². The Balaban J connectivity index is 2.42. The molecule has 2 aromatic rings. The normalized spacial score (nSPS) is 10.2. The molecule has 5 heteroatoms. The van der Waals surface area contributed by atoms with Gasteiger partial charge in [-0.05, 0) is 19.1 Å². The van der Waals surface area contributed by atoms with Gasteiger partial charge in [-0.2, -0.15) is 0 Å². The highest BCUT2D eigenvalue weighted by molar-refractivity contribution is 5.87. The van der Waals surface area contributed by atoms with Gasteiger partial charge in [0, 0.05) is 0 Å². The summed E-state index contributed by atoms with van der Waals surface area (Å²) in [5.41, 5.74) is 1.29. The second-order valence-corrected chi connectivity index (χ2v) is 2.84. The molecule has 0 amide bonds. The number of rotatable bonds is 2. The molecule has 15 heavy (non-hydrogen) atoms. The Bertz CT molecular complexity index is 499. The van der Waals surface area contributed by atoms with Gasteiger partial charge in [0.1, 0.15) is 5.52 Å². The summed E-state index contributed by atoms with van der Waals surface area (Å²) in [6.45, 7) is 2.03. The first-order chi connectivity index (χ1) is 7.31. The van der Waals surface area contributed by atoms with Crippen LogP contribution in [0.1, 0.15) is 17.5 Å². The van der Waals surface area contributed by atoms with Crippen LogP contribution in [0.2, 0.25) is 0 Å². The average molecular weight is 203 g/mol. The van der Waals surface area contributed by atoms with E-state index in [1.165, 1.54) is 0 Å². The molecule has 0 saturated carbocycles. The van der Waals surface area contributed by atoms with Crippen molar-refractivity contribution in [2.75, 3.05) is 6.61 Å². The molecule has 0 fully saturated rings. The van der Waals surface area contributed by atoms with Crippen molar-refractivity contribution in [1.82, 2.24) is 15.2 Å². The van der Waals surface area contributed by atoms with Gasteiger partial charge in [0.25, 0.3) is 5.82 Å². The lowest BCUT2D eigenvalue weighted by Crippen LogP contribution is -2.10. The molecule has 76 valence electrons. The average Bonchev–Trinajstić information content (AvgIpc) is 2.29. The molecule has 0 saturated heterocycles. The van der Waals surface area contributed by atoms with Crippen molar-refractivity contribution in [3.8, 4) is 0 Å². The first-order valence-electron chi connectivity index (χ1n) is 4.58. The first-order valence-corrected chi connectivity index (χ1v) is 4.58. The molecule has 5 nitrogen and oxygen atoms in total. The zero-order valence-electron chi connectivity index (χ0n) is 8.17. The summed E-state index contributed by atoms with van der Waals surface area (Å²) in [6, 6.07) is 7.21. The molecule has 1 heterocycles. The van der Waals surface area contributed by atoms with Gasteiger partial charge in [-0.1, -0.05) is 12.1 Å². The molecule has 0 aliphatic rings. The molecule has 0 N–H and O–H groups in total. The van der Waals surface area contributed by atoms with Gasteiger partial charge in [-0.3, -0.25) is 0 Å². The van der Waals surface area contributed by atoms with E-state index in [0.717, 1.165) is 0 Å². The number of ether oxygens (including phenoxy) is 1. The zero-order chi connectivity index (χ0) is 10.7. The maximum absolute atomic E-state index is 11.3. The molecule has 0 unspecified atom stereocenters. The molecule has 0 radical (unpaired) electrons. The molecule has 2 rings (SSSR count). The van der Waals surface area contributed by atoms with E-state index in [1.807, 2.05) is 12.1 Å². The topological polar surface area (TPSA) is 65.0 Å². The molecular formula is C10H9N3O2. The number of carbonyl (C=O) groups is 1. The second-order valence-electron chi connectivity index (χ2n) is 2.84. The van der Waals surface area contributed by atoms with E-state index in [1.54, 1.807) is 19.1 Å². The molecule has 0 spiro atoms. The third-order valence-electron chi connectivity index (χ3n) is 1.82. The smallest absolute Gasteiger partial charge is 0.378 e. The highest BCUT2D eigenvalue weighted by Crippen LogP contribution is 2.06. The predicted octanol–water partition coefficient (Wildman–Crippen LogP) is 1.20. The number of hydrogen-bond donors (Lipinski definition) is 0. The van der Waals surface area contributed by atoms with E-state index in [0.29, 0.717) is 17.6 Å². The fourth-order valence-electron chi connectivity index (χ4n) is 1.16. The standard InChI is InChI=1S/C10H9N3O2/c1-2-15-10(14)9-11-7-5-3-4-6-8(7)12-13-9/h3-6H,2H2,1H3. The minimum atomic E-state index is -0.546. The molecule has 1 aromatic heterocycles. The number of aromatic nitrogens is 3. The van der Waals surface area contributed by atoms with E-state index in [-0.39, 0.29) is 5.82 Å². The number of nitrogens with zero attached hydrogens (tertiary/aromatic N) is 3. The molecule has 0 bridgehead atoms. The molecule has 0 aliphatic carbocycles. The van der Waals surface area contributed by atoms with Gasteiger partial charge in [0.2, 0.25) is 0 Å². The minimum Gasteiger partial charge on any atom is -0.460 e. The van der Waals surface area contributed by atoms with Crippen molar-refractivity contribution >= 4 is 17.0 Å². The highest BCUT2D eigenvalue weighted by Gasteiger charge is 2.11. The third-order valence-corrected chi connectivity index (χ3v) is 1.82. The van der Waals surface area contributed by atoms with Crippen LogP contribution in [0.4, 0.5) is 0 Å². The molecule has 0 atom stereocenters. The largest absolute Gasteiger partial charge is 0.460 e. The van der Waals surface area contributed by atoms with Crippen molar-refractivity contribution in [2.24, 2.45) is 0 Å². The number of hydrogen-bond acceptors (Lipinski definition) is 5. The lowest BCUT2D eigenvalue weighted by molar-refractivity contribution is 0.0511. The lowest BCUT2D eigenvalue weighted by Gasteiger charge is -2.00. The number of esters is 1. The van der Waals surface area contributed by atoms with Gasteiger partial charge < -0.3 is 4.74 Å². The Morgan fingerprint density at radius 3 is 2.73 bits per heavy atom. The van der Waals surface area contributed by atoms with Crippen molar-refractivity contribution in [3.63, 3.8) is 0 Å². The van der Waals surface area contributed by atoms with Crippen LogP contribution in [-0.2, 0) is 4.74 Å². The van der Waals surface area contributed by atoms with Crippen molar-refractivity contribution in [2.45, 2.75) is 6.92 Å². The van der Waals surface area contributed by atoms with E-state index >= 15 is 0 Å². The van der Waals surface area contributed by atoms with E-state index in [9.17, 15) is 4.79 Å². The maximum Gasteiger partial charge on any atom is 0.378 e. The van der Waals surface area contributed by atoms with Crippen LogP contribution in [0.25, 0.3) is 11.0 Å². The Kier molecular flexibility index (Phi) is 2.53. The van der Waals surface area contributed by atoms with Crippen molar-refractivity contribution < 1.29 is 9.53 Å². The Hall–Kier alpha value is -2.04. The predicted molar refractivity (Wildman–Crippen MR) is 53.3 cm³/mol. The zero-order valence-corrected chi connectivity index (χ0v) is 8.17. The Morgan fingerprint density at radius 1 is 1.27 bits per heavy atom. The number of fused-ring (bicyclic) bond motifs is 1. The van der Waals surface area contributed by atoms with Crippen LogP contribution >= 0.6 is 0 Å². The van der Waals surface area contributed by atoms with Gasteiger partial charge in [-0.15, -0.1) is 10.2 Å². The molecule has 1 aromatic carbocycles. The van der Waals surface area contributed by atoms with Crippen LogP contribution < -0.4 is 0 Å². The molecular weight excluding hydrogens is 194 g/mol. The maximum atomic E-state index is 11.3.